The van der Waals surface area contributed by atoms with E-state index >= 15 is 0 Å². The van der Waals surface area contributed by atoms with Gasteiger partial charge in [-0.25, -0.2) is 4.98 Å². The third-order valence-electron chi connectivity index (χ3n) is 4.29. The SMILES string of the molecule is CC1CN(c2nc3c(cc2C(=N)N)CCCC3)CC(C)S1. The van der Waals surface area contributed by atoms with Crippen LogP contribution in [0.25, 0.3) is 0 Å². The van der Waals surface area contributed by atoms with Crippen molar-refractivity contribution in [3.8, 4) is 0 Å². The molecule has 3 N–H and O–H groups in total. The molecule has 1 fully saturated rings. The molecule has 1 aromatic heterocycles. The molecule has 0 amide bonds. The molecule has 1 aliphatic carbocycles. The van der Waals surface area contributed by atoms with Crippen LogP contribution >= 0.6 is 11.8 Å². The first-order valence-electron chi connectivity index (χ1n) is 7.82. The molecule has 1 aliphatic heterocycles. The Morgan fingerprint density at radius 3 is 2.62 bits per heavy atom. The molecule has 0 saturated carbocycles. The highest BCUT2D eigenvalue weighted by Crippen LogP contribution is 2.31. The maximum atomic E-state index is 7.92. The molecule has 1 aromatic rings. The van der Waals surface area contributed by atoms with Gasteiger partial charge in [0.25, 0.3) is 0 Å². The van der Waals surface area contributed by atoms with Crippen LogP contribution in [0, 0.1) is 5.41 Å². The summed E-state index contributed by atoms with van der Waals surface area (Å²) in [4.78, 5) is 7.25. The Bertz CT molecular complexity index is 547. The average molecular weight is 304 g/mol. The van der Waals surface area contributed by atoms with Crippen molar-refractivity contribution in [3.63, 3.8) is 0 Å². The third kappa shape index (κ3) is 3.03. The Kier molecular flexibility index (Phi) is 4.11. The van der Waals surface area contributed by atoms with Crippen LogP contribution in [0.3, 0.4) is 0 Å². The van der Waals surface area contributed by atoms with Crippen LogP contribution in [0.1, 0.15) is 43.5 Å². The molecule has 4 nitrogen and oxygen atoms in total. The van der Waals surface area contributed by atoms with E-state index in [0.29, 0.717) is 10.5 Å². The van der Waals surface area contributed by atoms with Gasteiger partial charge in [-0.2, -0.15) is 11.8 Å². The molecule has 1 saturated heterocycles. The first kappa shape index (κ1) is 14.7. The lowest BCUT2D eigenvalue weighted by Gasteiger charge is -2.37. The van der Waals surface area contributed by atoms with E-state index in [-0.39, 0.29) is 5.84 Å². The van der Waals surface area contributed by atoms with Gasteiger partial charge in [-0.15, -0.1) is 0 Å². The zero-order valence-electron chi connectivity index (χ0n) is 12.9. The fourth-order valence-electron chi connectivity index (χ4n) is 3.41. The summed E-state index contributed by atoms with van der Waals surface area (Å²) in [6.07, 6.45) is 4.58. The first-order chi connectivity index (χ1) is 10.0. The topological polar surface area (TPSA) is 66.0 Å². The molecular formula is C16H24N4S. The lowest BCUT2D eigenvalue weighted by molar-refractivity contribution is 0.659. The van der Waals surface area contributed by atoms with E-state index in [4.69, 9.17) is 16.1 Å². The van der Waals surface area contributed by atoms with Crippen molar-refractivity contribution in [3.05, 3.63) is 22.9 Å². The Morgan fingerprint density at radius 1 is 1.29 bits per heavy atom. The molecule has 0 bridgehead atoms. The predicted octanol–water partition coefficient (Wildman–Crippen LogP) is 2.57. The van der Waals surface area contributed by atoms with E-state index in [1.807, 2.05) is 11.8 Å². The number of hydrogen-bond acceptors (Lipinski definition) is 4. The van der Waals surface area contributed by atoms with Crippen LogP contribution in [-0.4, -0.2) is 34.4 Å². The standard InChI is InChI=1S/C16H24N4S/c1-10-8-20(9-11(2)21-10)16-13(15(17)18)7-12-5-3-4-6-14(12)19-16/h7,10-11H,3-6,8-9H2,1-2H3,(H3,17,18). The van der Waals surface area contributed by atoms with Crippen molar-refractivity contribution in [2.45, 2.75) is 50.0 Å². The van der Waals surface area contributed by atoms with Gasteiger partial charge in [-0.3, -0.25) is 5.41 Å². The molecule has 3 rings (SSSR count). The number of pyridine rings is 1. The van der Waals surface area contributed by atoms with Gasteiger partial charge in [-0.1, -0.05) is 13.8 Å². The molecule has 5 heteroatoms. The van der Waals surface area contributed by atoms with E-state index in [2.05, 4.69) is 24.8 Å². The van der Waals surface area contributed by atoms with Gasteiger partial charge in [0.1, 0.15) is 11.7 Å². The number of nitrogens with zero attached hydrogens (tertiary/aromatic N) is 2. The van der Waals surface area contributed by atoms with Gasteiger partial charge < -0.3 is 10.6 Å². The van der Waals surface area contributed by atoms with Gasteiger partial charge in [0.05, 0.1) is 5.56 Å². The first-order valence-corrected chi connectivity index (χ1v) is 8.76. The van der Waals surface area contributed by atoms with Crippen LogP contribution in [0.5, 0.6) is 0 Å². The molecule has 2 unspecified atom stereocenters. The largest absolute Gasteiger partial charge is 0.384 e. The summed E-state index contributed by atoms with van der Waals surface area (Å²) >= 11 is 2.03. The predicted molar refractivity (Wildman–Crippen MR) is 90.6 cm³/mol. The monoisotopic (exact) mass is 304 g/mol. The minimum absolute atomic E-state index is 0.143. The summed E-state index contributed by atoms with van der Waals surface area (Å²) in [6.45, 7) is 6.50. The number of aryl methyl sites for hydroxylation is 2. The van der Waals surface area contributed by atoms with Crippen molar-refractivity contribution >= 4 is 23.4 Å². The van der Waals surface area contributed by atoms with E-state index in [1.54, 1.807) is 0 Å². The molecule has 0 radical (unpaired) electrons. The second kappa shape index (κ2) is 5.87. The minimum atomic E-state index is 0.143. The average Bonchev–Trinajstić information content (AvgIpc) is 2.44. The summed E-state index contributed by atoms with van der Waals surface area (Å²) in [7, 11) is 0. The number of thioether (sulfide) groups is 1. The van der Waals surface area contributed by atoms with E-state index in [1.165, 1.54) is 24.1 Å². The number of hydrogen-bond donors (Lipinski definition) is 2. The van der Waals surface area contributed by atoms with Gasteiger partial charge in [-0.05, 0) is 37.3 Å². The number of fused-ring (bicyclic) bond motifs is 1. The number of anilines is 1. The van der Waals surface area contributed by atoms with Crippen LogP contribution < -0.4 is 10.6 Å². The normalized spacial score (nSPS) is 25.5. The fourth-order valence-corrected chi connectivity index (χ4v) is 4.74. The maximum absolute atomic E-state index is 7.92. The van der Waals surface area contributed by atoms with Crippen molar-refractivity contribution in [2.24, 2.45) is 5.73 Å². The van der Waals surface area contributed by atoms with Crippen molar-refractivity contribution < 1.29 is 0 Å². The van der Waals surface area contributed by atoms with Gasteiger partial charge >= 0.3 is 0 Å². The maximum Gasteiger partial charge on any atom is 0.139 e. The van der Waals surface area contributed by atoms with Crippen molar-refractivity contribution in [1.29, 1.82) is 5.41 Å². The summed E-state index contributed by atoms with van der Waals surface area (Å²) in [5.74, 6) is 1.08. The molecule has 2 atom stereocenters. The second-order valence-corrected chi connectivity index (χ2v) is 8.13. The molecule has 2 aliphatic rings. The molecule has 114 valence electrons. The fraction of sp³-hybridized carbons (Fsp3) is 0.625. The molecular weight excluding hydrogens is 280 g/mol. The number of nitrogens with one attached hydrogen (secondary N) is 1. The number of amidine groups is 1. The molecule has 0 aromatic carbocycles. The zero-order valence-corrected chi connectivity index (χ0v) is 13.7. The number of aromatic nitrogens is 1. The lowest BCUT2D eigenvalue weighted by Crippen LogP contribution is -2.42. The van der Waals surface area contributed by atoms with Gasteiger partial charge in [0.2, 0.25) is 0 Å². The lowest BCUT2D eigenvalue weighted by atomic mass is 9.94. The number of nitrogens with two attached hydrogens (primary N) is 1. The second-order valence-electron chi connectivity index (χ2n) is 6.25. The minimum Gasteiger partial charge on any atom is -0.384 e. The molecule has 2 heterocycles. The summed E-state index contributed by atoms with van der Waals surface area (Å²) < 4.78 is 0. The van der Waals surface area contributed by atoms with Gasteiger partial charge in [0, 0.05) is 29.3 Å². The Hall–Kier alpha value is -1.23. The van der Waals surface area contributed by atoms with Crippen LogP contribution in [0.4, 0.5) is 5.82 Å². The van der Waals surface area contributed by atoms with E-state index in [0.717, 1.165) is 37.3 Å². The smallest absolute Gasteiger partial charge is 0.139 e. The number of nitrogen functional groups attached to an aromatic ring is 1. The Balaban J connectivity index is 2.01. The Morgan fingerprint density at radius 2 is 1.95 bits per heavy atom. The summed E-state index contributed by atoms with van der Waals surface area (Å²) in [5.41, 5.74) is 9.17. The van der Waals surface area contributed by atoms with Crippen molar-refractivity contribution in [2.75, 3.05) is 18.0 Å². The van der Waals surface area contributed by atoms with E-state index < -0.39 is 0 Å². The summed E-state index contributed by atoms with van der Waals surface area (Å²) in [6, 6.07) is 2.12. The van der Waals surface area contributed by atoms with Crippen molar-refractivity contribution in [1.82, 2.24) is 4.98 Å². The van der Waals surface area contributed by atoms with Crippen LogP contribution in [0.15, 0.2) is 6.07 Å². The molecule has 0 spiro atoms. The van der Waals surface area contributed by atoms with Crippen LogP contribution in [-0.2, 0) is 12.8 Å². The highest BCUT2D eigenvalue weighted by atomic mass is 32.2. The molecule has 21 heavy (non-hydrogen) atoms. The van der Waals surface area contributed by atoms with E-state index in [9.17, 15) is 0 Å². The summed E-state index contributed by atoms with van der Waals surface area (Å²) in [5, 5.41) is 9.10. The number of rotatable bonds is 2. The third-order valence-corrected chi connectivity index (χ3v) is 5.52. The van der Waals surface area contributed by atoms with Gasteiger partial charge in [0.15, 0.2) is 0 Å². The Labute approximate surface area is 131 Å². The quantitative estimate of drug-likeness (QED) is 0.651. The highest BCUT2D eigenvalue weighted by Gasteiger charge is 2.27. The highest BCUT2D eigenvalue weighted by molar-refractivity contribution is 8.00. The van der Waals surface area contributed by atoms with Crippen LogP contribution in [0.2, 0.25) is 0 Å². The zero-order chi connectivity index (χ0) is 15.0.